The van der Waals surface area contributed by atoms with Crippen LogP contribution in [0.3, 0.4) is 0 Å². The maximum absolute atomic E-state index is 13.5. The lowest BCUT2D eigenvalue weighted by Crippen LogP contribution is -2.14. The highest BCUT2D eigenvalue weighted by Gasteiger charge is 2.21. The van der Waals surface area contributed by atoms with Crippen LogP contribution in [0.1, 0.15) is 154 Å². The molecule has 12 heteroatoms. The number of carbonyl (C=O) groups is 5. The minimum Gasteiger partial charge on any atom is -0.494 e. The molecule has 0 saturated carbocycles. The summed E-state index contributed by atoms with van der Waals surface area (Å²) in [7, 11) is 0. The summed E-state index contributed by atoms with van der Waals surface area (Å²) in [6.07, 6.45) is 20.4. The summed E-state index contributed by atoms with van der Waals surface area (Å²) in [5, 5.41) is 0. The fourth-order valence-electron chi connectivity index (χ4n) is 6.31. The summed E-state index contributed by atoms with van der Waals surface area (Å²) in [6, 6.07) is 17.2. The van der Waals surface area contributed by atoms with E-state index in [1.54, 1.807) is 48.5 Å². The van der Waals surface area contributed by atoms with Gasteiger partial charge in [0.2, 0.25) is 0 Å². The highest BCUT2D eigenvalue weighted by molar-refractivity contribution is 5.97. The number of hydrogen-bond acceptors (Lipinski definition) is 12. The second kappa shape index (κ2) is 31.9. The largest absolute Gasteiger partial charge is 0.494 e. The maximum atomic E-state index is 13.5. The standard InChI is InChI=1S/C51H66O12/c1-4-7-8-9-10-11-12-13-14-23-38-61-51(56)45-39-44(62-49(54)40-24-28-42(29-25-40)57-34-19-15-17-21-36-59-47(52)5-2)32-33-46(45)63-50(55)41-26-30-43(31-27-41)58-35-20-16-18-22-37-60-48(53)6-3/h5-6,24-33,39H,2-4,7-23,34-38H2,1H3. The van der Waals surface area contributed by atoms with E-state index < -0.39 is 29.8 Å². The third-order valence-corrected chi connectivity index (χ3v) is 9.93. The molecule has 0 unspecified atom stereocenters. The van der Waals surface area contributed by atoms with Gasteiger partial charge in [-0.15, -0.1) is 0 Å². The zero-order chi connectivity index (χ0) is 45.3. The Morgan fingerprint density at radius 2 is 0.810 bits per heavy atom. The minimum absolute atomic E-state index is 0.0370. The lowest BCUT2D eigenvalue weighted by Gasteiger charge is -2.13. The Bertz CT molecular complexity index is 1830. The molecule has 3 rings (SSSR count). The van der Waals surface area contributed by atoms with Crippen LogP contribution < -0.4 is 18.9 Å². The first kappa shape index (κ1) is 51.4. The third-order valence-electron chi connectivity index (χ3n) is 9.93. The zero-order valence-electron chi connectivity index (χ0n) is 37.1. The van der Waals surface area contributed by atoms with Gasteiger partial charge in [-0.05, 0) is 125 Å². The van der Waals surface area contributed by atoms with Crippen LogP contribution in [0.15, 0.2) is 92.0 Å². The van der Waals surface area contributed by atoms with Gasteiger partial charge in [-0.1, -0.05) is 77.9 Å². The quantitative estimate of drug-likeness (QED) is 0.0185. The molecule has 3 aromatic rings. The first-order chi connectivity index (χ1) is 30.7. The van der Waals surface area contributed by atoms with E-state index in [0.717, 1.165) is 82.8 Å². The third kappa shape index (κ3) is 22.1. The van der Waals surface area contributed by atoms with E-state index >= 15 is 0 Å². The van der Waals surface area contributed by atoms with Crippen molar-refractivity contribution in [3.05, 3.63) is 109 Å². The summed E-state index contributed by atoms with van der Waals surface area (Å²) >= 11 is 0. The number of rotatable bonds is 34. The molecule has 0 aliphatic carbocycles. The Labute approximate surface area is 373 Å². The zero-order valence-corrected chi connectivity index (χ0v) is 37.1. The molecule has 0 amide bonds. The fraction of sp³-hybridized carbons (Fsp3) is 0.471. The molecule has 3 aromatic carbocycles. The molecular formula is C51H66O12. The van der Waals surface area contributed by atoms with Gasteiger partial charge in [0, 0.05) is 12.2 Å². The molecule has 0 aromatic heterocycles. The van der Waals surface area contributed by atoms with Gasteiger partial charge in [0.25, 0.3) is 0 Å². The molecule has 0 bridgehead atoms. The van der Waals surface area contributed by atoms with Crippen molar-refractivity contribution in [1.29, 1.82) is 0 Å². The lowest BCUT2D eigenvalue weighted by molar-refractivity contribution is -0.138. The van der Waals surface area contributed by atoms with Gasteiger partial charge >= 0.3 is 29.8 Å². The average Bonchev–Trinajstić information content (AvgIpc) is 3.30. The molecule has 0 heterocycles. The van der Waals surface area contributed by atoms with E-state index in [0.29, 0.717) is 44.3 Å². The van der Waals surface area contributed by atoms with Crippen LogP contribution in [0, 0.1) is 0 Å². The summed E-state index contributed by atoms with van der Waals surface area (Å²) in [4.78, 5) is 62.1. The Morgan fingerprint density at radius 1 is 0.429 bits per heavy atom. The number of ether oxygens (including phenoxy) is 7. The average molecular weight is 871 g/mol. The van der Waals surface area contributed by atoms with Crippen LogP contribution in [0.2, 0.25) is 0 Å². The first-order valence-electron chi connectivity index (χ1n) is 22.5. The van der Waals surface area contributed by atoms with Crippen molar-refractivity contribution in [2.24, 2.45) is 0 Å². The van der Waals surface area contributed by atoms with Crippen LogP contribution in [-0.2, 0) is 23.8 Å². The van der Waals surface area contributed by atoms with Crippen molar-refractivity contribution in [3.8, 4) is 23.0 Å². The van der Waals surface area contributed by atoms with E-state index in [4.69, 9.17) is 33.2 Å². The maximum Gasteiger partial charge on any atom is 0.343 e. The fourth-order valence-corrected chi connectivity index (χ4v) is 6.31. The Balaban J connectivity index is 1.55. The number of esters is 5. The molecule has 0 aliphatic rings. The molecule has 0 saturated heterocycles. The summed E-state index contributed by atoms with van der Waals surface area (Å²) in [5.74, 6) is -1.67. The second-order valence-corrected chi connectivity index (χ2v) is 15.1. The number of hydrogen-bond donors (Lipinski definition) is 0. The van der Waals surface area contributed by atoms with Gasteiger partial charge in [0.15, 0.2) is 0 Å². The Hall–Kier alpha value is -5.91. The second-order valence-electron chi connectivity index (χ2n) is 15.1. The van der Waals surface area contributed by atoms with E-state index in [2.05, 4.69) is 20.1 Å². The van der Waals surface area contributed by atoms with Crippen molar-refractivity contribution in [2.45, 2.75) is 122 Å². The van der Waals surface area contributed by atoms with Gasteiger partial charge in [0.1, 0.15) is 28.6 Å². The van der Waals surface area contributed by atoms with Gasteiger partial charge < -0.3 is 33.2 Å². The molecule has 342 valence electrons. The molecule has 63 heavy (non-hydrogen) atoms. The summed E-state index contributed by atoms with van der Waals surface area (Å²) in [6.45, 7) is 10.9. The summed E-state index contributed by atoms with van der Waals surface area (Å²) in [5.41, 5.74) is 0.460. The minimum atomic E-state index is -0.703. The lowest BCUT2D eigenvalue weighted by atomic mass is 10.1. The normalized spacial score (nSPS) is 10.6. The predicted octanol–water partition coefficient (Wildman–Crippen LogP) is 11.5. The Kier molecular flexibility index (Phi) is 26.0. The van der Waals surface area contributed by atoms with Crippen molar-refractivity contribution in [3.63, 3.8) is 0 Å². The van der Waals surface area contributed by atoms with Gasteiger partial charge in [0.05, 0.1) is 44.2 Å². The van der Waals surface area contributed by atoms with Gasteiger partial charge in [-0.25, -0.2) is 24.0 Å². The van der Waals surface area contributed by atoms with E-state index in [1.165, 1.54) is 56.7 Å². The highest BCUT2D eigenvalue weighted by atomic mass is 16.6. The van der Waals surface area contributed by atoms with Gasteiger partial charge in [-0.3, -0.25) is 0 Å². The Morgan fingerprint density at radius 3 is 1.25 bits per heavy atom. The monoisotopic (exact) mass is 870 g/mol. The SMILES string of the molecule is C=CC(=O)OCCCCCCOc1ccc(C(=O)Oc2ccc(OC(=O)c3ccc(OCCCCCCOC(=O)C=C)cc3)c(C(=O)OCCCCCCCCCCCC)c2)cc1. The molecule has 0 fully saturated rings. The highest BCUT2D eigenvalue weighted by Crippen LogP contribution is 2.28. The predicted molar refractivity (Wildman–Crippen MR) is 242 cm³/mol. The molecule has 0 aliphatic heterocycles. The van der Waals surface area contributed by atoms with E-state index in [9.17, 15) is 24.0 Å². The molecule has 0 spiro atoms. The topological polar surface area (TPSA) is 150 Å². The van der Waals surface area contributed by atoms with Crippen LogP contribution in [-0.4, -0.2) is 62.9 Å². The summed E-state index contributed by atoms with van der Waals surface area (Å²) < 4.78 is 38.6. The number of unbranched alkanes of at least 4 members (excludes halogenated alkanes) is 15. The van der Waals surface area contributed by atoms with E-state index in [1.807, 2.05) is 0 Å². The molecule has 12 nitrogen and oxygen atoms in total. The number of benzene rings is 3. The van der Waals surface area contributed by atoms with Crippen LogP contribution in [0.4, 0.5) is 0 Å². The van der Waals surface area contributed by atoms with Gasteiger partial charge in [-0.2, -0.15) is 0 Å². The van der Waals surface area contributed by atoms with Crippen LogP contribution in [0.25, 0.3) is 0 Å². The van der Waals surface area contributed by atoms with E-state index in [-0.39, 0.29) is 34.8 Å². The van der Waals surface area contributed by atoms with Crippen molar-refractivity contribution >= 4 is 29.8 Å². The van der Waals surface area contributed by atoms with Crippen LogP contribution >= 0.6 is 0 Å². The molecular weight excluding hydrogens is 805 g/mol. The van der Waals surface area contributed by atoms with Crippen molar-refractivity contribution in [2.75, 3.05) is 33.0 Å². The first-order valence-corrected chi connectivity index (χ1v) is 22.5. The molecule has 0 atom stereocenters. The number of carbonyl (C=O) groups excluding carboxylic acids is 5. The van der Waals surface area contributed by atoms with Crippen molar-refractivity contribution < 1.29 is 57.1 Å². The molecule has 0 radical (unpaired) electrons. The smallest absolute Gasteiger partial charge is 0.343 e. The van der Waals surface area contributed by atoms with Crippen LogP contribution in [0.5, 0.6) is 23.0 Å². The molecule has 0 N–H and O–H groups in total. The van der Waals surface area contributed by atoms with Crippen molar-refractivity contribution in [1.82, 2.24) is 0 Å².